The normalized spacial score (nSPS) is 11.6. The number of carbonyl (C=O) groups is 2. The fraction of sp³-hybridized carbons (Fsp3) is 0.231. The minimum Gasteiger partial charge on any atom is -0.332 e. The molecule has 0 bridgehead atoms. The van der Waals surface area contributed by atoms with E-state index in [2.05, 4.69) is 5.32 Å². The molecule has 4 nitrogen and oxygen atoms in total. The number of amides is 2. The first-order valence-electron chi connectivity index (χ1n) is 10.4. The first kappa shape index (κ1) is 22.6. The Kier molecular flexibility index (Phi) is 7.85. The standard InChI is InChI=1S/C26H27ClN2O2/c1-19(23-9-6-10-25(17-23)28-20(2)30)29(18-22-7-4-3-5-8-22)26(31)16-13-21-11-14-24(27)15-12-21/h3-12,14-15,17,19H,13,16,18H2,1-2H3,(H,28,30). The summed E-state index contributed by atoms with van der Waals surface area (Å²) in [6.45, 7) is 4.03. The highest BCUT2D eigenvalue weighted by molar-refractivity contribution is 6.30. The van der Waals surface area contributed by atoms with Crippen molar-refractivity contribution in [1.82, 2.24) is 4.90 Å². The van der Waals surface area contributed by atoms with Crippen LogP contribution in [0.4, 0.5) is 5.69 Å². The van der Waals surface area contributed by atoms with Gasteiger partial charge in [-0.05, 0) is 54.3 Å². The van der Waals surface area contributed by atoms with Crippen LogP contribution in [0.3, 0.4) is 0 Å². The minimum absolute atomic E-state index is 0.0798. The third kappa shape index (κ3) is 6.69. The maximum absolute atomic E-state index is 13.3. The van der Waals surface area contributed by atoms with Crippen LogP contribution in [0, 0.1) is 0 Å². The van der Waals surface area contributed by atoms with Gasteiger partial charge < -0.3 is 10.2 Å². The summed E-state index contributed by atoms with van der Waals surface area (Å²) in [5.41, 5.74) is 3.86. The van der Waals surface area contributed by atoms with Crippen LogP contribution in [0.5, 0.6) is 0 Å². The molecule has 0 aliphatic heterocycles. The molecule has 160 valence electrons. The third-order valence-corrected chi connectivity index (χ3v) is 5.47. The average molecular weight is 435 g/mol. The van der Waals surface area contributed by atoms with Crippen molar-refractivity contribution in [2.24, 2.45) is 0 Å². The lowest BCUT2D eigenvalue weighted by Gasteiger charge is -2.30. The van der Waals surface area contributed by atoms with Crippen LogP contribution in [0.25, 0.3) is 0 Å². The molecule has 31 heavy (non-hydrogen) atoms. The lowest BCUT2D eigenvalue weighted by Crippen LogP contribution is -2.33. The van der Waals surface area contributed by atoms with E-state index in [-0.39, 0.29) is 17.9 Å². The smallest absolute Gasteiger partial charge is 0.223 e. The number of nitrogens with one attached hydrogen (secondary N) is 1. The number of carbonyl (C=O) groups excluding carboxylic acids is 2. The second-order valence-corrected chi connectivity index (χ2v) is 8.05. The molecule has 0 aromatic heterocycles. The molecule has 2 amide bonds. The van der Waals surface area contributed by atoms with Gasteiger partial charge in [-0.3, -0.25) is 9.59 Å². The van der Waals surface area contributed by atoms with Gasteiger partial charge in [0.1, 0.15) is 0 Å². The van der Waals surface area contributed by atoms with Gasteiger partial charge in [-0.15, -0.1) is 0 Å². The first-order chi connectivity index (χ1) is 14.9. The van der Waals surface area contributed by atoms with Gasteiger partial charge in [0.05, 0.1) is 6.04 Å². The van der Waals surface area contributed by atoms with Crippen LogP contribution in [0.1, 0.15) is 43.0 Å². The summed E-state index contributed by atoms with van der Waals surface area (Å²) in [6.07, 6.45) is 1.06. The van der Waals surface area contributed by atoms with E-state index in [0.717, 1.165) is 22.4 Å². The second-order valence-electron chi connectivity index (χ2n) is 7.62. The number of anilines is 1. The molecule has 0 radical (unpaired) electrons. The van der Waals surface area contributed by atoms with E-state index in [9.17, 15) is 9.59 Å². The fourth-order valence-electron chi connectivity index (χ4n) is 3.53. The van der Waals surface area contributed by atoms with E-state index in [1.165, 1.54) is 6.92 Å². The molecule has 3 aromatic rings. The third-order valence-electron chi connectivity index (χ3n) is 5.21. The van der Waals surface area contributed by atoms with E-state index in [1.807, 2.05) is 90.7 Å². The summed E-state index contributed by atoms with van der Waals surface area (Å²) in [7, 11) is 0. The van der Waals surface area contributed by atoms with Crippen LogP contribution in [0.2, 0.25) is 5.02 Å². The quantitative estimate of drug-likeness (QED) is 0.471. The fourth-order valence-corrected chi connectivity index (χ4v) is 3.65. The molecule has 1 N–H and O–H groups in total. The Hall–Kier alpha value is -3.11. The van der Waals surface area contributed by atoms with E-state index in [0.29, 0.717) is 24.4 Å². The van der Waals surface area contributed by atoms with Crippen LogP contribution in [0.15, 0.2) is 78.9 Å². The van der Waals surface area contributed by atoms with Gasteiger partial charge in [-0.1, -0.05) is 66.2 Å². The zero-order valence-corrected chi connectivity index (χ0v) is 18.6. The Morgan fingerprint density at radius 1 is 0.935 bits per heavy atom. The molecule has 0 spiro atoms. The van der Waals surface area contributed by atoms with E-state index >= 15 is 0 Å². The van der Waals surface area contributed by atoms with E-state index < -0.39 is 0 Å². The van der Waals surface area contributed by atoms with Gasteiger partial charge >= 0.3 is 0 Å². The lowest BCUT2D eigenvalue weighted by atomic mass is 10.0. The Bertz CT molecular complexity index is 1020. The van der Waals surface area contributed by atoms with Crippen molar-refractivity contribution in [1.29, 1.82) is 0 Å². The van der Waals surface area contributed by atoms with Crippen molar-refractivity contribution in [2.45, 2.75) is 39.3 Å². The van der Waals surface area contributed by atoms with Crippen LogP contribution < -0.4 is 5.32 Å². The Balaban J connectivity index is 1.80. The van der Waals surface area contributed by atoms with Crippen LogP contribution in [-0.4, -0.2) is 16.7 Å². The molecular formula is C26H27ClN2O2. The van der Waals surface area contributed by atoms with Crippen molar-refractivity contribution in [3.63, 3.8) is 0 Å². The monoisotopic (exact) mass is 434 g/mol. The first-order valence-corrected chi connectivity index (χ1v) is 10.8. The molecule has 0 fully saturated rings. The molecule has 0 heterocycles. The Labute approximate surface area is 188 Å². The number of nitrogens with zero attached hydrogens (tertiary/aromatic N) is 1. The summed E-state index contributed by atoms with van der Waals surface area (Å²) in [4.78, 5) is 26.6. The maximum atomic E-state index is 13.3. The van der Waals surface area contributed by atoms with Crippen molar-refractivity contribution in [2.75, 3.05) is 5.32 Å². The minimum atomic E-state index is -0.147. The van der Waals surface area contributed by atoms with Gasteiger partial charge in [0.15, 0.2) is 0 Å². The van der Waals surface area contributed by atoms with Crippen LogP contribution in [-0.2, 0) is 22.6 Å². The highest BCUT2D eigenvalue weighted by atomic mass is 35.5. The summed E-state index contributed by atoms with van der Waals surface area (Å²) in [6, 6.07) is 25.1. The summed E-state index contributed by atoms with van der Waals surface area (Å²) >= 11 is 5.97. The molecule has 0 aliphatic rings. The number of halogens is 1. The number of benzene rings is 3. The van der Waals surface area contributed by atoms with Crippen molar-refractivity contribution in [3.8, 4) is 0 Å². The number of aryl methyl sites for hydroxylation is 1. The molecule has 1 atom stereocenters. The average Bonchev–Trinajstić information content (AvgIpc) is 2.77. The van der Waals surface area contributed by atoms with Crippen LogP contribution >= 0.6 is 11.6 Å². The number of hydrogen-bond donors (Lipinski definition) is 1. The summed E-state index contributed by atoms with van der Waals surface area (Å²) in [5.74, 6) is -0.0405. The molecule has 0 saturated heterocycles. The Morgan fingerprint density at radius 2 is 1.65 bits per heavy atom. The highest BCUT2D eigenvalue weighted by Crippen LogP contribution is 2.26. The SMILES string of the molecule is CC(=O)Nc1cccc(C(C)N(Cc2ccccc2)C(=O)CCc2ccc(Cl)cc2)c1. The summed E-state index contributed by atoms with van der Waals surface area (Å²) < 4.78 is 0. The van der Waals surface area contributed by atoms with Gasteiger partial charge in [0.25, 0.3) is 0 Å². The van der Waals surface area contributed by atoms with Crippen molar-refractivity contribution in [3.05, 3.63) is 101 Å². The zero-order chi connectivity index (χ0) is 22.2. The summed E-state index contributed by atoms with van der Waals surface area (Å²) in [5, 5.41) is 3.50. The Morgan fingerprint density at radius 3 is 2.32 bits per heavy atom. The van der Waals surface area contributed by atoms with E-state index in [1.54, 1.807) is 0 Å². The van der Waals surface area contributed by atoms with Crippen molar-refractivity contribution >= 4 is 29.1 Å². The van der Waals surface area contributed by atoms with Gasteiger partial charge in [-0.25, -0.2) is 0 Å². The molecule has 3 aromatic carbocycles. The lowest BCUT2D eigenvalue weighted by molar-refractivity contribution is -0.134. The molecule has 5 heteroatoms. The molecule has 0 aliphatic carbocycles. The number of rotatable bonds is 8. The maximum Gasteiger partial charge on any atom is 0.223 e. The van der Waals surface area contributed by atoms with Gasteiger partial charge in [0.2, 0.25) is 11.8 Å². The largest absolute Gasteiger partial charge is 0.332 e. The zero-order valence-electron chi connectivity index (χ0n) is 17.8. The number of hydrogen-bond acceptors (Lipinski definition) is 2. The topological polar surface area (TPSA) is 49.4 Å². The molecular weight excluding hydrogens is 408 g/mol. The molecule has 3 rings (SSSR count). The predicted octanol–water partition coefficient (Wildman–Crippen LogP) is 6.02. The van der Waals surface area contributed by atoms with Gasteiger partial charge in [-0.2, -0.15) is 0 Å². The highest BCUT2D eigenvalue weighted by Gasteiger charge is 2.22. The molecule has 1 unspecified atom stereocenters. The second kappa shape index (κ2) is 10.8. The molecule has 0 saturated carbocycles. The van der Waals surface area contributed by atoms with E-state index in [4.69, 9.17) is 11.6 Å². The van der Waals surface area contributed by atoms with Gasteiger partial charge in [0, 0.05) is 30.6 Å². The van der Waals surface area contributed by atoms with Crippen molar-refractivity contribution < 1.29 is 9.59 Å². The predicted molar refractivity (Wildman–Crippen MR) is 126 cm³/mol.